The number of hydrogen-bond acceptors (Lipinski definition) is 3. The summed E-state index contributed by atoms with van der Waals surface area (Å²) in [7, 11) is 0. The number of nitrogens with two attached hydrogens (primary N) is 1. The van der Waals surface area contributed by atoms with E-state index < -0.39 is 0 Å². The monoisotopic (exact) mass is 257 g/mol. The molecular weight excluding hydrogens is 230 g/mol. The van der Waals surface area contributed by atoms with E-state index in [2.05, 4.69) is 24.2 Å². The summed E-state index contributed by atoms with van der Waals surface area (Å²) in [6.07, 6.45) is 3.37. The average molecular weight is 257 g/mol. The quantitative estimate of drug-likeness (QED) is 0.407. The lowest BCUT2D eigenvalue weighted by molar-refractivity contribution is -0.0320. The number of ether oxygens (including phenoxy) is 2. The molecule has 18 heavy (non-hydrogen) atoms. The SMILES string of the molecule is CC(C)CN=C(N)NCCCOC1CCOCC1. The van der Waals surface area contributed by atoms with Crippen LogP contribution in [0.25, 0.3) is 0 Å². The Bertz CT molecular complexity index is 238. The fourth-order valence-electron chi connectivity index (χ4n) is 1.72. The summed E-state index contributed by atoms with van der Waals surface area (Å²) < 4.78 is 11.0. The Morgan fingerprint density at radius 2 is 2.17 bits per heavy atom. The molecule has 1 heterocycles. The lowest BCUT2D eigenvalue weighted by Gasteiger charge is -2.22. The van der Waals surface area contributed by atoms with E-state index in [4.69, 9.17) is 15.2 Å². The van der Waals surface area contributed by atoms with Crippen molar-refractivity contribution in [2.75, 3.05) is 32.9 Å². The van der Waals surface area contributed by atoms with Gasteiger partial charge in [-0.05, 0) is 25.2 Å². The van der Waals surface area contributed by atoms with Gasteiger partial charge in [-0.25, -0.2) is 0 Å². The second kappa shape index (κ2) is 9.16. The van der Waals surface area contributed by atoms with Crippen molar-refractivity contribution in [2.45, 2.75) is 39.2 Å². The molecule has 1 rings (SSSR count). The van der Waals surface area contributed by atoms with Gasteiger partial charge in [-0.3, -0.25) is 4.99 Å². The van der Waals surface area contributed by atoms with Crippen LogP contribution < -0.4 is 11.1 Å². The zero-order valence-corrected chi connectivity index (χ0v) is 11.7. The highest BCUT2D eigenvalue weighted by Crippen LogP contribution is 2.10. The highest BCUT2D eigenvalue weighted by molar-refractivity contribution is 5.77. The van der Waals surface area contributed by atoms with E-state index in [0.717, 1.165) is 52.2 Å². The van der Waals surface area contributed by atoms with Gasteiger partial charge in [0, 0.05) is 32.9 Å². The van der Waals surface area contributed by atoms with E-state index in [0.29, 0.717) is 18.0 Å². The Labute approximate surface area is 110 Å². The van der Waals surface area contributed by atoms with Gasteiger partial charge in [-0.2, -0.15) is 0 Å². The van der Waals surface area contributed by atoms with Crippen LogP contribution in [0.4, 0.5) is 0 Å². The van der Waals surface area contributed by atoms with E-state index in [1.54, 1.807) is 0 Å². The minimum atomic E-state index is 0.380. The molecule has 1 saturated heterocycles. The van der Waals surface area contributed by atoms with Crippen LogP contribution in [-0.4, -0.2) is 45.0 Å². The molecule has 106 valence electrons. The number of nitrogens with zero attached hydrogens (tertiary/aromatic N) is 1. The van der Waals surface area contributed by atoms with E-state index in [1.807, 2.05) is 0 Å². The van der Waals surface area contributed by atoms with Gasteiger partial charge in [0.2, 0.25) is 0 Å². The number of nitrogens with one attached hydrogen (secondary N) is 1. The van der Waals surface area contributed by atoms with Gasteiger partial charge in [0.1, 0.15) is 0 Å². The lowest BCUT2D eigenvalue weighted by Crippen LogP contribution is -2.33. The van der Waals surface area contributed by atoms with Crippen LogP contribution in [0.1, 0.15) is 33.1 Å². The first-order valence-corrected chi connectivity index (χ1v) is 6.91. The summed E-state index contributed by atoms with van der Waals surface area (Å²) in [5, 5.41) is 3.10. The molecule has 0 amide bonds. The van der Waals surface area contributed by atoms with Gasteiger partial charge >= 0.3 is 0 Å². The maximum absolute atomic E-state index is 5.76. The predicted octanol–water partition coefficient (Wildman–Crippen LogP) is 1.13. The van der Waals surface area contributed by atoms with Crippen LogP contribution >= 0.6 is 0 Å². The largest absolute Gasteiger partial charge is 0.381 e. The van der Waals surface area contributed by atoms with E-state index in [9.17, 15) is 0 Å². The fraction of sp³-hybridized carbons (Fsp3) is 0.923. The third kappa shape index (κ3) is 7.50. The number of guanidine groups is 1. The van der Waals surface area contributed by atoms with Gasteiger partial charge in [0.15, 0.2) is 5.96 Å². The third-order valence-corrected chi connectivity index (χ3v) is 2.78. The highest BCUT2D eigenvalue weighted by atomic mass is 16.5. The third-order valence-electron chi connectivity index (χ3n) is 2.78. The molecule has 1 fully saturated rings. The normalized spacial score (nSPS) is 18.3. The summed E-state index contributed by atoms with van der Waals surface area (Å²) in [6.45, 7) is 8.27. The lowest BCUT2D eigenvalue weighted by atomic mass is 10.1. The molecule has 0 aromatic heterocycles. The molecule has 1 aliphatic rings. The molecule has 0 aromatic rings. The van der Waals surface area contributed by atoms with Crippen LogP contribution in [0.2, 0.25) is 0 Å². The maximum Gasteiger partial charge on any atom is 0.188 e. The van der Waals surface area contributed by atoms with Crippen molar-refractivity contribution < 1.29 is 9.47 Å². The summed E-state index contributed by atoms with van der Waals surface area (Å²) in [6, 6.07) is 0. The second-order valence-electron chi connectivity index (χ2n) is 5.08. The minimum absolute atomic E-state index is 0.380. The van der Waals surface area contributed by atoms with Gasteiger partial charge in [-0.15, -0.1) is 0 Å². The van der Waals surface area contributed by atoms with E-state index in [-0.39, 0.29) is 0 Å². The molecule has 5 nitrogen and oxygen atoms in total. The highest BCUT2D eigenvalue weighted by Gasteiger charge is 2.13. The molecule has 0 aliphatic carbocycles. The van der Waals surface area contributed by atoms with Gasteiger partial charge in [0.25, 0.3) is 0 Å². The van der Waals surface area contributed by atoms with Gasteiger partial charge in [0.05, 0.1) is 6.10 Å². The Hall–Kier alpha value is -0.810. The molecule has 0 bridgehead atoms. The molecule has 5 heteroatoms. The summed E-state index contributed by atoms with van der Waals surface area (Å²) in [5.41, 5.74) is 5.73. The van der Waals surface area contributed by atoms with Crippen molar-refractivity contribution >= 4 is 5.96 Å². The smallest absolute Gasteiger partial charge is 0.188 e. The molecule has 0 saturated carbocycles. The average Bonchev–Trinajstić information content (AvgIpc) is 2.37. The second-order valence-corrected chi connectivity index (χ2v) is 5.08. The van der Waals surface area contributed by atoms with Gasteiger partial charge < -0.3 is 20.5 Å². The zero-order chi connectivity index (χ0) is 13.2. The standard InChI is InChI=1S/C13H27N3O2/c1-11(2)10-16-13(14)15-6-3-7-18-12-4-8-17-9-5-12/h11-12H,3-10H2,1-2H3,(H3,14,15,16). The molecule has 0 atom stereocenters. The molecule has 0 spiro atoms. The summed E-state index contributed by atoms with van der Waals surface area (Å²) in [4.78, 5) is 4.24. The minimum Gasteiger partial charge on any atom is -0.381 e. The van der Waals surface area contributed by atoms with Crippen molar-refractivity contribution in [1.29, 1.82) is 0 Å². The Morgan fingerprint density at radius 1 is 1.44 bits per heavy atom. The van der Waals surface area contributed by atoms with Gasteiger partial charge in [-0.1, -0.05) is 13.8 Å². The van der Waals surface area contributed by atoms with Crippen LogP contribution in [-0.2, 0) is 9.47 Å². The molecule has 1 aliphatic heterocycles. The summed E-state index contributed by atoms with van der Waals surface area (Å²) in [5.74, 6) is 1.08. The molecule has 3 N–H and O–H groups in total. The van der Waals surface area contributed by atoms with Crippen LogP contribution in [0, 0.1) is 5.92 Å². The maximum atomic E-state index is 5.76. The van der Waals surface area contributed by atoms with Crippen molar-refractivity contribution in [1.82, 2.24) is 5.32 Å². The van der Waals surface area contributed by atoms with E-state index >= 15 is 0 Å². The van der Waals surface area contributed by atoms with Crippen LogP contribution in [0.3, 0.4) is 0 Å². The number of aliphatic imine (C=N–C) groups is 1. The number of hydrogen-bond donors (Lipinski definition) is 2. The van der Waals surface area contributed by atoms with E-state index in [1.165, 1.54) is 0 Å². The first-order chi connectivity index (χ1) is 8.68. The fourth-order valence-corrected chi connectivity index (χ4v) is 1.72. The topological polar surface area (TPSA) is 68.9 Å². The molecule has 0 radical (unpaired) electrons. The number of rotatable bonds is 7. The van der Waals surface area contributed by atoms with Crippen LogP contribution in [0.15, 0.2) is 4.99 Å². The van der Waals surface area contributed by atoms with Crippen molar-refractivity contribution in [3.8, 4) is 0 Å². The molecule has 0 aromatic carbocycles. The van der Waals surface area contributed by atoms with Crippen molar-refractivity contribution in [3.63, 3.8) is 0 Å². The first kappa shape index (κ1) is 15.2. The Morgan fingerprint density at radius 3 is 2.83 bits per heavy atom. The van der Waals surface area contributed by atoms with Crippen molar-refractivity contribution in [2.24, 2.45) is 16.6 Å². The Kier molecular flexibility index (Phi) is 7.76. The van der Waals surface area contributed by atoms with Crippen LogP contribution in [0.5, 0.6) is 0 Å². The predicted molar refractivity (Wildman–Crippen MR) is 73.7 cm³/mol. The molecular formula is C13H27N3O2. The molecule has 0 unspecified atom stereocenters. The first-order valence-electron chi connectivity index (χ1n) is 6.91. The van der Waals surface area contributed by atoms with Crippen molar-refractivity contribution in [3.05, 3.63) is 0 Å². The summed E-state index contributed by atoms with van der Waals surface area (Å²) >= 11 is 0. The zero-order valence-electron chi connectivity index (χ0n) is 11.7. The Balaban J connectivity index is 1.95.